The molecule has 0 spiro atoms. The Kier molecular flexibility index (Phi) is 6.74. The maximum absolute atomic E-state index is 13.7. The van der Waals surface area contributed by atoms with Crippen molar-refractivity contribution in [3.8, 4) is 11.3 Å². The molecule has 188 valence electrons. The minimum atomic E-state index is -4.52. The minimum Gasteiger partial charge on any atom is -0.379 e. The van der Waals surface area contributed by atoms with Crippen molar-refractivity contribution in [1.82, 2.24) is 19.8 Å². The number of piperazine rings is 1. The number of hydrogen-bond donors (Lipinski definition) is 1. The van der Waals surface area contributed by atoms with Crippen molar-refractivity contribution in [3.63, 3.8) is 0 Å². The summed E-state index contributed by atoms with van der Waals surface area (Å²) in [6.45, 7) is 11.9. The minimum absolute atomic E-state index is 0.357. The van der Waals surface area contributed by atoms with Crippen molar-refractivity contribution in [2.24, 2.45) is 0 Å². The summed E-state index contributed by atoms with van der Waals surface area (Å²) < 4.78 is 46.4. The molecule has 1 aromatic carbocycles. The molecule has 9 heteroatoms. The predicted molar refractivity (Wildman–Crippen MR) is 132 cm³/mol. The van der Waals surface area contributed by atoms with Crippen molar-refractivity contribution in [2.75, 3.05) is 57.4 Å². The molecular weight excluding hydrogens is 455 g/mol. The van der Waals surface area contributed by atoms with E-state index in [1.54, 1.807) is 0 Å². The van der Waals surface area contributed by atoms with E-state index in [1.165, 1.54) is 0 Å². The number of fused-ring (bicyclic) bond motifs is 1. The van der Waals surface area contributed by atoms with Crippen LogP contribution in [0, 0.1) is 0 Å². The summed E-state index contributed by atoms with van der Waals surface area (Å²) in [6, 6.07) is 11.4. The fourth-order valence-electron chi connectivity index (χ4n) is 4.97. The van der Waals surface area contributed by atoms with Crippen LogP contribution in [0.5, 0.6) is 0 Å². The van der Waals surface area contributed by atoms with E-state index in [1.807, 2.05) is 30.3 Å². The molecule has 0 unspecified atom stereocenters. The summed E-state index contributed by atoms with van der Waals surface area (Å²) in [5.74, 6) is 0. The third-order valence-electron chi connectivity index (χ3n) is 7.01. The zero-order valence-corrected chi connectivity index (χ0v) is 20.2. The van der Waals surface area contributed by atoms with Gasteiger partial charge < -0.3 is 14.6 Å². The van der Waals surface area contributed by atoms with Crippen LogP contribution in [0.1, 0.15) is 25.2 Å². The molecule has 0 bridgehead atoms. The van der Waals surface area contributed by atoms with Gasteiger partial charge in [0.15, 0.2) is 0 Å². The van der Waals surface area contributed by atoms with Crippen molar-refractivity contribution < 1.29 is 17.9 Å². The van der Waals surface area contributed by atoms with Gasteiger partial charge in [-0.15, -0.1) is 0 Å². The van der Waals surface area contributed by atoms with Crippen LogP contribution in [0.2, 0.25) is 0 Å². The lowest BCUT2D eigenvalue weighted by atomic mass is 10.1. The number of hydrogen-bond acceptors (Lipinski definition) is 5. The van der Waals surface area contributed by atoms with Gasteiger partial charge in [-0.2, -0.15) is 13.2 Å². The first-order valence-corrected chi connectivity index (χ1v) is 12.3. The molecule has 2 aliphatic rings. The van der Waals surface area contributed by atoms with Crippen LogP contribution in [0.15, 0.2) is 36.4 Å². The zero-order chi connectivity index (χ0) is 24.6. The first-order valence-electron chi connectivity index (χ1n) is 12.3. The molecule has 0 radical (unpaired) electrons. The van der Waals surface area contributed by atoms with Gasteiger partial charge in [-0.1, -0.05) is 12.1 Å². The quantitative estimate of drug-likeness (QED) is 0.570. The molecule has 2 saturated heterocycles. The molecule has 5 rings (SSSR count). The number of pyridine rings is 1. The van der Waals surface area contributed by atoms with Gasteiger partial charge in [0.05, 0.1) is 18.9 Å². The summed E-state index contributed by atoms with van der Waals surface area (Å²) in [7, 11) is 0. The van der Waals surface area contributed by atoms with Gasteiger partial charge in [0.2, 0.25) is 0 Å². The van der Waals surface area contributed by atoms with E-state index < -0.39 is 11.9 Å². The number of nitrogens with zero attached hydrogens (tertiary/aromatic N) is 4. The number of rotatable bonds is 5. The fourth-order valence-corrected chi connectivity index (χ4v) is 4.97. The van der Waals surface area contributed by atoms with Crippen molar-refractivity contribution in [2.45, 2.75) is 32.6 Å². The van der Waals surface area contributed by atoms with Gasteiger partial charge in [0, 0.05) is 79.7 Å². The van der Waals surface area contributed by atoms with Crippen LogP contribution in [-0.4, -0.2) is 78.3 Å². The Morgan fingerprint density at radius 3 is 2.29 bits per heavy atom. The van der Waals surface area contributed by atoms with Crippen molar-refractivity contribution >= 4 is 16.6 Å². The lowest BCUT2D eigenvalue weighted by Gasteiger charge is -2.38. The Balaban J connectivity index is 1.44. The second-order valence-corrected chi connectivity index (χ2v) is 9.66. The molecule has 0 atom stereocenters. The third-order valence-corrected chi connectivity index (χ3v) is 7.01. The van der Waals surface area contributed by atoms with Gasteiger partial charge in [0.25, 0.3) is 0 Å². The van der Waals surface area contributed by atoms with E-state index in [4.69, 9.17) is 4.74 Å². The highest BCUT2D eigenvalue weighted by Gasteiger charge is 2.34. The molecule has 2 aromatic heterocycles. The molecular formula is C26H32F3N5O. The number of anilines is 1. The largest absolute Gasteiger partial charge is 0.433 e. The number of benzene rings is 1. The molecule has 6 nitrogen and oxygen atoms in total. The average Bonchev–Trinajstić information content (AvgIpc) is 3.26. The van der Waals surface area contributed by atoms with Crippen LogP contribution in [0.4, 0.5) is 18.9 Å². The number of ether oxygens (including phenoxy) is 1. The Labute approximate surface area is 203 Å². The Morgan fingerprint density at radius 2 is 1.66 bits per heavy atom. The van der Waals surface area contributed by atoms with Gasteiger partial charge in [-0.05, 0) is 38.1 Å². The van der Waals surface area contributed by atoms with E-state index in [9.17, 15) is 13.2 Å². The van der Waals surface area contributed by atoms with Crippen LogP contribution >= 0.6 is 0 Å². The SMILES string of the molecule is CC(C)N1CCN(c2ccc(-c3nc(C(F)(F)F)cc4[nH]c(CN5CCOCC5)cc34)cc2)CC1. The van der Waals surface area contributed by atoms with Crippen LogP contribution in [0.3, 0.4) is 0 Å². The lowest BCUT2D eigenvalue weighted by molar-refractivity contribution is -0.141. The monoisotopic (exact) mass is 487 g/mol. The van der Waals surface area contributed by atoms with Gasteiger partial charge in [-0.25, -0.2) is 4.98 Å². The van der Waals surface area contributed by atoms with Crippen LogP contribution in [-0.2, 0) is 17.5 Å². The molecule has 1 N–H and O–H groups in total. The summed E-state index contributed by atoms with van der Waals surface area (Å²) in [5.41, 5.74) is 2.58. The van der Waals surface area contributed by atoms with Crippen LogP contribution < -0.4 is 4.90 Å². The highest BCUT2D eigenvalue weighted by atomic mass is 19.4. The molecule has 2 fully saturated rings. The number of nitrogens with one attached hydrogen (secondary N) is 1. The smallest absolute Gasteiger partial charge is 0.379 e. The molecule has 0 saturated carbocycles. The number of morpholine rings is 1. The summed E-state index contributed by atoms with van der Waals surface area (Å²) in [4.78, 5) is 14.3. The predicted octanol–water partition coefficient (Wildman–Crippen LogP) is 4.61. The molecule has 2 aliphatic heterocycles. The van der Waals surface area contributed by atoms with Crippen molar-refractivity contribution in [1.29, 1.82) is 0 Å². The van der Waals surface area contributed by atoms with E-state index in [2.05, 4.69) is 38.5 Å². The highest BCUT2D eigenvalue weighted by Crippen LogP contribution is 2.35. The number of H-pyrrole nitrogens is 1. The Morgan fingerprint density at radius 1 is 0.971 bits per heavy atom. The Bertz CT molecular complexity index is 1140. The third kappa shape index (κ3) is 5.32. The lowest BCUT2D eigenvalue weighted by Crippen LogP contribution is -2.48. The van der Waals surface area contributed by atoms with Gasteiger partial charge >= 0.3 is 6.18 Å². The average molecular weight is 488 g/mol. The number of alkyl halides is 3. The zero-order valence-electron chi connectivity index (χ0n) is 20.2. The fraction of sp³-hybridized carbons (Fsp3) is 0.500. The summed E-state index contributed by atoms with van der Waals surface area (Å²) in [6.07, 6.45) is -4.52. The Hall–Kier alpha value is -2.62. The second-order valence-electron chi connectivity index (χ2n) is 9.66. The first-order chi connectivity index (χ1) is 16.8. The van der Waals surface area contributed by atoms with E-state index in [0.717, 1.165) is 56.7 Å². The topological polar surface area (TPSA) is 47.6 Å². The van der Waals surface area contributed by atoms with E-state index in [-0.39, 0.29) is 0 Å². The molecule has 0 aliphatic carbocycles. The van der Waals surface area contributed by atoms with E-state index >= 15 is 0 Å². The molecule has 35 heavy (non-hydrogen) atoms. The molecule has 0 amide bonds. The van der Waals surface area contributed by atoms with Crippen molar-refractivity contribution in [3.05, 3.63) is 47.8 Å². The van der Waals surface area contributed by atoms with E-state index in [0.29, 0.717) is 48.0 Å². The highest BCUT2D eigenvalue weighted by molar-refractivity contribution is 5.94. The summed E-state index contributed by atoms with van der Waals surface area (Å²) in [5, 5.41) is 0.708. The first kappa shape index (κ1) is 24.1. The summed E-state index contributed by atoms with van der Waals surface area (Å²) >= 11 is 0. The maximum atomic E-state index is 13.7. The second kappa shape index (κ2) is 9.79. The van der Waals surface area contributed by atoms with Crippen LogP contribution in [0.25, 0.3) is 22.2 Å². The number of aromatic amines is 1. The normalized spacial score (nSPS) is 18.6. The number of halogens is 3. The number of aromatic nitrogens is 2. The standard InChI is InChI=1S/C26H32F3N5O/c1-18(2)33-7-9-34(10-8-33)21-5-3-19(4-6-21)25-22-15-20(17-32-11-13-35-14-12-32)30-23(22)16-24(31-25)26(27,28)29/h3-6,15-16,18,30H,7-14,17H2,1-2H3. The maximum Gasteiger partial charge on any atom is 0.433 e. The van der Waals surface area contributed by atoms with Gasteiger partial charge in [0.1, 0.15) is 5.69 Å². The molecule has 3 aromatic rings. The van der Waals surface area contributed by atoms with Gasteiger partial charge in [-0.3, -0.25) is 9.80 Å². The molecule has 4 heterocycles.